The van der Waals surface area contributed by atoms with Gasteiger partial charge < -0.3 is 4.98 Å². The molecule has 0 unspecified atom stereocenters. The van der Waals surface area contributed by atoms with Crippen LogP contribution < -0.4 is 4.72 Å². The number of alkyl halides is 1. The maximum atomic E-state index is 12.3. The van der Waals surface area contributed by atoms with E-state index in [1.54, 1.807) is 30.5 Å². The molecule has 3 aromatic rings. The maximum Gasteiger partial charge on any atom is 0.262 e. The number of benzene rings is 1. The van der Waals surface area contributed by atoms with Crippen molar-refractivity contribution in [1.82, 2.24) is 9.97 Å². The minimum Gasteiger partial charge on any atom is -0.346 e. The van der Waals surface area contributed by atoms with Gasteiger partial charge in [0.2, 0.25) is 6.01 Å². The van der Waals surface area contributed by atoms with Gasteiger partial charge in [0.15, 0.2) is 0 Å². The first kappa shape index (κ1) is 13.6. The quantitative estimate of drug-likeness (QED) is 0.778. The Labute approximate surface area is 120 Å². The SMILES string of the molecule is O=S(=O)(CF)Nc1ccc(-c2ccnc3[nH]ccc23)cc1. The standard InChI is InChI=1S/C14H12FN3O2S/c15-9-21(19,20)18-11-3-1-10(2-4-11)12-5-7-16-14-13(12)6-8-17-14/h1-8,18H,9H2,(H,16,17). The number of fused-ring (bicyclic) bond motifs is 1. The zero-order valence-electron chi connectivity index (χ0n) is 10.9. The molecule has 0 radical (unpaired) electrons. The van der Waals surface area contributed by atoms with E-state index in [1.807, 2.05) is 18.3 Å². The molecule has 0 saturated heterocycles. The highest BCUT2D eigenvalue weighted by molar-refractivity contribution is 7.92. The predicted octanol–water partition coefficient (Wildman–Crippen LogP) is 2.90. The molecular weight excluding hydrogens is 293 g/mol. The van der Waals surface area contributed by atoms with Gasteiger partial charge in [-0.2, -0.15) is 0 Å². The van der Waals surface area contributed by atoms with Gasteiger partial charge in [0.05, 0.1) is 0 Å². The molecule has 0 amide bonds. The Morgan fingerprint density at radius 2 is 1.90 bits per heavy atom. The van der Waals surface area contributed by atoms with Crippen LogP contribution in [0.2, 0.25) is 0 Å². The van der Waals surface area contributed by atoms with E-state index in [4.69, 9.17) is 0 Å². The van der Waals surface area contributed by atoms with E-state index >= 15 is 0 Å². The zero-order valence-corrected chi connectivity index (χ0v) is 11.7. The van der Waals surface area contributed by atoms with Crippen LogP contribution in [0.4, 0.5) is 10.1 Å². The summed E-state index contributed by atoms with van der Waals surface area (Å²) in [6, 6.07) is 9.12. The fraction of sp³-hybridized carbons (Fsp3) is 0.0714. The molecule has 0 aliphatic heterocycles. The Balaban J connectivity index is 1.96. The van der Waals surface area contributed by atoms with Crippen LogP contribution in [0.1, 0.15) is 0 Å². The number of rotatable bonds is 4. The highest BCUT2D eigenvalue weighted by Gasteiger charge is 2.10. The molecule has 108 valence electrons. The van der Waals surface area contributed by atoms with E-state index in [0.717, 1.165) is 22.2 Å². The number of H-pyrrole nitrogens is 1. The van der Waals surface area contributed by atoms with Crippen molar-refractivity contribution >= 4 is 26.7 Å². The van der Waals surface area contributed by atoms with Crippen molar-refractivity contribution < 1.29 is 12.8 Å². The number of aromatic amines is 1. The summed E-state index contributed by atoms with van der Waals surface area (Å²) in [5.74, 6) is 0. The highest BCUT2D eigenvalue weighted by Crippen LogP contribution is 2.28. The molecule has 1 aromatic carbocycles. The van der Waals surface area contributed by atoms with Gasteiger partial charge in [0.1, 0.15) is 5.65 Å². The van der Waals surface area contributed by atoms with Gasteiger partial charge in [-0.25, -0.2) is 17.8 Å². The van der Waals surface area contributed by atoms with Gasteiger partial charge in [-0.1, -0.05) is 12.1 Å². The molecule has 0 bridgehead atoms. The summed E-state index contributed by atoms with van der Waals surface area (Å²) in [6.45, 7) is 0. The Kier molecular flexibility index (Phi) is 3.34. The molecule has 5 nitrogen and oxygen atoms in total. The Bertz CT molecular complexity index is 873. The van der Waals surface area contributed by atoms with Gasteiger partial charge >= 0.3 is 0 Å². The van der Waals surface area contributed by atoms with Crippen LogP contribution in [0, 0.1) is 0 Å². The summed E-state index contributed by atoms with van der Waals surface area (Å²) < 4.78 is 36.8. The maximum absolute atomic E-state index is 12.3. The monoisotopic (exact) mass is 305 g/mol. The molecule has 0 atom stereocenters. The van der Waals surface area contributed by atoms with Gasteiger partial charge in [-0.3, -0.25) is 4.72 Å². The molecule has 0 aliphatic rings. The normalized spacial score (nSPS) is 11.7. The van der Waals surface area contributed by atoms with Crippen LogP contribution in [0.3, 0.4) is 0 Å². The minimum absolute atomic E-state index is 0.329. The number of anilines is 1. The average molecular weight is 305 g/mol. The Morgan fingerprint density at radius 1 is 1.14 bits per heavy atom. The molecule has 2 aromatic heterocycles. The van der Waals surface area contributed by atoms with Crippen molar-refractivity contribution in [3.63, 3.8) is 0 Å². The topological polar surface area (TPSA) is 74.8 Å². The van der Waals surface area contributed by atoms with Gasteiger partial charge in [-0.15, -0.1) is 0 Å². The number of halogens is 1. The van der Waals surface area contributed by atoms with Crippen LogP contribution in [0.15, 0.2) is 48.8 Å². The largest absolute Gasteiger partial charge is 0.346 e. The molecule has 0 aliphatic carbocycles. The van der Waals surface area contributed by atoms with E-state index in [0.29, 0.717) is 5.69 Å². The number of nitrogens with one attached hydrogen (secondary N) is 2. The molecule has 21 heavy (non-hydrogen) atoms. The summed E-state index contributed by atoms with van der Waals surface area (Å²) in [4.78, 5) is 7.25. The first-order chi connectivity index (χ1) is 10.1. The number of aromatic nitrogens is 2. The van der Waals surface area contributed by atoms with Crippen LogP contribution in [0.5, 0.6) is 0 Å². The van der Waals surface area contributed by atoms with Crippen LogP contribution >= 0.6 is 0 Å². The third-order valence-electron chi connectivity index (χ3n) is 3.07. The van der Waals surface area contributed by atoms with Crippen molar-refractivity contribution in [2.45, 2.75) is 0 Å². The first-order valence-electron chi connectivity index (χ1n) is 6.18. The van der Waals surface area contributed by atoms with Gasteiger partial charge in [0, 0.05) is 23.5 Å². The van der Waals surface area contributed by atoms with E-state index in [9.17, 15) is 12.8 Å². The lowest BCUT2D eigenvalue weighted by molar-refractivity contribution is 0.538. The molecular formula is C14H12FN3O2S. The molecule has 0 spiro atoms. The molecule has 0 saturated carbocycles. The molecule has 2 N–H and O–H groups in total. The number of hydrogen-bond donors (Lipinski definition) is 2. The smallest absolute Gasteiger partial charge is 0.262 e. The van der Waals surface area contributed by atoms with Crippen molar-refractivity contribution in [2.75, 3.05) is 10.7 Å². The lowest BCUT2D eigenvalue weighted by Crippen LogP contribution is -2.13. The third-order valence-corrected chi connectivity index (χ3v) is 3.91. The van der Waals surface area contributed by atoms with Gasteiger partial charge in [0.25, 0.3) is 10.0 Å². The van der Waals surface area contributed by atoms with Gasteiger partial charge in [-0.05, 0) is 35.4 Å². The summed E-state index contributed by atoms with van der Waals surface area (Å²) >= 11 is 0. The molecule has 3 rings (SSSR count). The second-order valence-electron chi connectivity index (χ2n) is 4.50. The molecule has 0 fully saturated rings. The van der Waals surface area contributed by atoms with E-state index in [-0.39, 0.29) is 0 Å². The lowest BCUT2D eigenvalue weighted by Gasteiger charge is -2.07. The number of sulfonamides is 1. The fourth-order valence-corrected chi connectivity index (χ4v) is 2.69. The summed E-state index contributed by atoms with van der Waals surface area (Å²) in [5.41, 5.74) is 3.02. The lowest BCUT2D eigenvalue weighted by atomic mass is 10.0. The van der Waals surface area contributed by atoms with E-state index < -0.39 is 16.0 Å². The van der Waals surface area contributed by atoms with Crippen LogP contribution in [-0.2, 0) is 10.0 Å². The van der Waals surface area contributed by atoms with E-state index in [1.165, 1.54) is 0 Å². The minimum atomic E-state index is -3.91. The number of nitrogens with zero attached hydrogens (tertiary/aromatic N) is 1. The predicted molar refractivity (Wildman–Crippen MR) is 80.0 cm³/mol. The third kappa shape index (κ3) is 2.73. The average Bonchev–Trinajstić information content (AvgIpc) is 2.96. The number of pyridine rings is 1. The van der Waals surface area contributed by atoms with Crippen molar-refractivity contribution in [3.8, 4) is 11.1 Å². The Morgan fingerprint density at radius 3 is 2.62 bits per heavy atom. The summed E-state index contributed by atoms with van der Waals surface area (Å²) in [6.07, 6.45) is 3.51. The van der Waals surface area contributed by atoms with Crippen molar-refractivity contribution in [1.29, 1.82) is 0 Å². The fourth-order valence-electron chi connectivity index (χ4n) is 2.14. The van der Waals surface area contributed by atoms with Crippen LogP contribution in [0.25, 0.3) is 22.2 Å². The second kappa shape index (κ2) is 5.17. The van der Waals surface area contributed by atoms with E-state index in [2.05, 4.69) is 14.7 Å². The molecule has 7 heteroatoms. The number of hydrogen-bond acceptors (Lipinski definition) is 3. The zero-order chi connectivity index (χ0) is 14.9. The first-order valence-corrected chi connectivity index (χ1v) is 7.83. The summed E-state index contributed by atoms with van der Waals surface area (Å²) in [5, 5.41) is 0.981. The molecule has 2 heterocycles. The van der Waals surface area contributed by atoms with Crippen LogP contribution in [-0.4, -0.2) is 24.4 Å². The summed E-state index contributed by atoms with van der Waals surface area (Å²) in [7, 11) is -3.91. The highest BCUT2D eigenvalue weighted by atomic mass is 32.2. The second-order valence-corrected chi connectivity index (χ2v) is 6.15. The van der Waals surface area contributed by atoms with Crippen molar-refractivity contribution in [3.05, 3.63) is 48.8 Å². The van der Waals surface area contributed by atoms with Crippen molar-refractivity contribution in [2.24, 2.45) is 0 Å². The Hall–Kier alpha value is -2.41.